The van der Waals surface area contributed by atoms with Crippen molar-refractivity contribution < 1.29 is 0 Å². The molecule has 0 atom stereocenters. The normalized spacial score (nSPS) is 11.5. The Bertz CT molecular complexity index is 1910. The SMILES string of the molecule is Cc1cc(-c2nc3ccccc3n2-c2ccccc2C)c(C)cc1-c1nc2ccccc2n1-c1ccccc1C. The van der Waals surface area contributed by atoms with Crippen molar-refractivity contribution in [1.29, 1.82) is 0 Å². The molecule has 0 radical (unpaired) electrons. The van der Waals surface area contributed by atoms with E-state index in [-0.39, 0.29) is 0 Å². The number of benzene rings is 5. The molecule has 0 aliphatic carbocycles. The Morgan fingerprint density at radius 2 is 0.800 bits per heavy atom. The molecule has 0 saturated heterocycles. The zero-order chi connectivity index (χ0) is 27.4. The molecule has 0 amide bonds. The van der Waals surface area contributed by atoms with Crippen LogP contribution in [0.25, 0.3) is 56.2 Å². The number of aromatic nitrogens is 4. The number of para-hydroxylation sites is 6. The standard InChI is InChI=1S/C36H30N4/c1-23-13-5-9-17-31(23)39-33-19-11-7-15-29(33)37-35(39)27-21-26(4)28(22-25(27)3)36-38-30-16-8-12-20-34(30)40(36)32-18-10-6-14-24(32)2/h5-22H,1-4H3. The van der Waals surface area contributed by atoms with Crippen molar-refractivity contribution in [3.63, 3.8) is 0 Å². The molecule has 0 spiro atoms. The maximum atomic E-state index is 5.16. The van der Waals surface area contributed by atoms with Gasteiger partial charge in [0.25, 0.3) is 0 Å². The van der Waals surface area contributed by atoms with Gasteiger partial charge in [-0.25, -0.2) is 9.97 Å². The van der Waals surface area contributed by atoms with Gasteiger partial charge in [-0.05, 0) is 98.5 Å². The zero-order valence-corrected chi connectivity index (χ0v) is 23.2. The maximum absolute atomic E-state index is 5.16. The Morgan fingerprint density at radius 1 is 0.425 bits per heavy atom. The van der Waals surface area contributed by atoms with E-state index in [9.17, 15) is 0 Å². The first kappa shape index (κ1) is 24.1. The highest BCUT2D eigenvalue weighted by molar-refractivity contribution is 5.87. The van der Waals surface area contributed by atoms with Crippen molar-refractivity contribution in [2.24, 2.45) is 0 Å². The van der Waals surface area contributed by atoms with Gasteiger partial charge in [-0.1, -0.05) is 60.7 Å². The third kappa shape index (κ3) is 3.76. The summed E-state index contributed by atoms with van der Waals surface area (Å²) in [5.41, 5.74) is 13.5. The second-order valence-electron chi connectivity index (χ2n) is 10.6. The van der Waals surface area contributed by atoms with Crippen LogP contribution in [0.5, 0.6) is 0 Å². The number of aryl methyl sites for hydroxylation is 4. The van der Waals surface area contributed by atoms with Crippen LogP contribution in [0.15, 0.2) is 109 Å². The number of rotatable bonds is 4. The van der Waals surface area contributed by atoms with Gasteiger partial charge in [0, 0.05) is 11.1 Å². The topological polar surface area (TPSA) is 35.6 Å². The largest absolute Gasteiger partial charge is 0.292 e. The molecular formula is C36H30N4. The minimum absolute atomic E-state index is 0.954. The van der Waals surface area contributed by atoms with Crippen LogP contribution in [0.3, 0.4) is 0 Å². The molecule has 5 aromatic carbocycles. The second kappa shape index (κ2) is 9.35. The summed E-state index contributed by atoms with van der Waals surface area (Å²) in [6.45, 7) is 8.68. The number of hydrogen-bond donors (Lipinski definition) is 0. The summed E-state index contributed by atoms with van der Waals surface area (Å²) in [7, 11) is 0. The third-order valence-electron chi connectivity index (χ3n) is 7.89. The molecule has 40 heavy (non-hydrogen) atoms. The number of nitrogens with zero attached hydrogens (tertiary/aromatic N) is 4. The van der Waals surface area contributed by atoms with Gasteiger partial charge in [-0.2, -0.15) is 0 Å². The summed E-state index contributed by atoms with van der Waals surface area (Å²) in [6.07, 6.45) is 0. The van der Waals surface area contributed by atoms with Crippen molar-refractivity contribution in [2.75, 3.05) is 0 Å². The summed E-state index contributed by atoms with van der Waals surface area (Å²) >= 11 is 0. The first-order valence-corrected chi connectivity index (χ1v) is 13.7. The summed E-state index contributed by atoms with van der Waals surface area (Å²) in [6, 6.07) is 38.4. The lowest BCUT2D eigenvalue weighted by Crippen LogP contribution is -2.03. The van der Waals surface area contributed by atoms with Crippen LogP contribution in [0.4, 0.5) is 0 Å². The van der Waals surface area contributed by atoms with Crippen molar-refractivity contribution in [3.8, 4) is 34.2 Å². The third-order valence-corrected chi connectivity index (χ3v) is 7.89. The smallest absolute Gasteiger partial charge is 0.146 e. The van der Waals surface area contributed by atoms with Gasteiger partial charge in [0.15, 0.2) is 0 Å². The molecule has 0 fully saturated rings. The lowest BCUT2D eigenvalue weighted by Gasteiger charge is -2.17. The van der Waals surface area contributed by atoms with Gasteiger partial charge in [-0.15, -0.1) is 0 Å². The average molecular weight is 519 g/mol. The Morgan fingerprint density at radius 3 is 1.23 bits per heavy atom. The molecule has 194 valence electrons. The predicted octanol–water partition coefficient (Wildman–Crippen LogP) is 8.93. The van der Waals surface area contributed by atoms with Crippen molar-refractivity contribution in [1.82, 2.24) is 19.1 Å². The summed E-state index contributed by atoms with van der Waals surface area (Å²) < 4.78 is 4.60. The molecule has 0 aliphatic rings. The molecule has 0 saturated carbocycles. The van der Waals surface area contributed by atoms with Crippen LogP contribution < -0.4 is 0 Å². The van der Waals surface area contributed by atoms with E-state index in [2.05, 4.69) is 146 Å². The fourth-order valence-electron chi connectivity index (χ4n) is 5.83. The molecule has 0 unspecified atom stereocenters. The predicted molar refractivity (Wildman–Crippen MR) is 166 cm³/mol. The quantitative estimate of drug-likeness (QED) is 0.233. The van der Waals surface area contributed by atoms with Crippen LogP contribution in [-0.2, 0) is 0 Å². The van der Waals surface area contributed by atoms with Crippen molar-refractivity contribution in [3.05, 3.63) is 131 Å². The highest BCUT2D eigenvalue weighted by atomic mass is 15.1. The molecule has 0 bridgehead atoms. The fraction of sp³-hybridized carbons (Fsp3) is 0.111. The Labute approximate surface area is 234 Å². The first-order valence-electron chi connectivity index (χ1n) is 13.7. The number of imidazole rings is 2. The first-order chi connectivity index (χ1) is 19.5. The van der Waals surface area contributed by atoms with Gasteiger partial charge in [-0.3, -0.25) is 9.13 Å². The Kier molecular flexibility index (Phi) is 5.64. The minimum Gasteiger partial charge on any atom is -0.292 e. The Hall–Kier alpha value is -4.96. The lowest BCUT2D eigenvalue weighted by atomic mass is 9.98. The number of fused-ring (bicyclic) bond motifs is 2. The fourth-order valence-corrected chi connectivity index (χ4v) is 5.83. The molecular weight excluding hydrogens is 488 g/mol. The average Bonchev–Trinajstić information content (AvgIpc) is 3.53. The van der Waals surface area contributed by atoms with E-state index in [1.54, 1.807) is 0 Å². The van der Waals surface area contributed by atoms with E-state index >= 15 is 0 Å². The van der Waals surface area contributed by atoms with Gasteiger partial charge in [0.05, 0.1) is 33.4 Å². The van der Waals surface area contributed by atoms with E-state index in [0.29, 0.717) is 0 Å². The van der Waals surface area contributed by atoms with Crippen LogP contribution in [0.2, 0.25) is 0 Å². The van der Waals surface area contributed by atoms with Gasteiger partial charge in [0.2, 0.25) is 0 Å². The molecule has 7 rings (SSSR count). The van der Waals surface area contributed by atoms with E-state index < -0.39 is 0 Å². The van der Waals surface area contributed by atoms with E-state index in [1.165, 1.54) is 11.1 Å². The summed E-state index contributed by atoms with van der Waals surface area (Å²) in [5, 5.41) is 0. The molecule has 0 N–H and O–H groups in total. The summed E-state index contributed by atoms with van der Waals surface area (Å²) in [5.74, 6) is 1.91. The molecule has 2 aromatic heterocycles. The minimum atomic E-state index is 0.954. The van der Waals surface area contributed by atoms with Gasteiger partial charge >= 0.3 is 0 Å². The van der Waals surface area contributed by atoms with Crippen LogP contribution in [-0.4, -0.2) is 19.1 Å². The number of hydrogen-bond acceptors (Lipinski definition) is 2. The van der Waals surface area contributed by atoms with E-state index in [4.69, 9.17) is 9.97 Å². The highest BCUT2D eigenvalue weighted by Crippen LogP contribution is 2.37. The van der Waals surface area contributed by atoms with Gasteiger partial charge < -0.3 is 0 Å². The van der Waals surface area contributed by atoms with Crippen LogP contribution >= 0.6 is 0 Å². The Balaban J connectivity index is 1.47. The van der Waals surface area contributed by atoms with Gasteiger partial charge in [0.1, 0.15) is 11.6 Å². The van der Waals surface area contributed by atoms with E-state index in [0.717, 1.165) is 67.3 Å². The van der Waals surface area contributed by atoms with Crippen LogP contribution in [0, 0.1) is 27.7 Å². The second-order valence-corrected chi connectivity index (χ2v) is 10.6. The molecule has 4 nitrogen and oxygen atoms in total. The highest BCUT2D eigenvalue weighted by Gasteiger charge is 2.21. The monoisotopic (exact) mass is 518 g/mol. The zero-order valence-electron chi connectivity index (χ0n) is 23.2. The molecule has 2 heterocycles. The molecule has 4 heteroatoms. The molecule has 0 aliphatic heterocycles. The van der Waals surface area contributed by atoms with Crippen molar-refractivity contribution >= 4 is 22.1 Å². The van der Waals surface area contributed by atoms with Crippen molar-refractivity contribution in [2.45, 2.75) is 27.7 Å². The summed E-state index contributed by atoms with van der Waals surface area (Å²) in [4.78, 5) is 10.3. The van der Waals surface area contributed by atoms with Crippen LogP contribution in [0.1, 0.15) is 22.3 Å². The van der Waals surface area contributed by atoms with E-state index in [1.807, 2.05) is 0 Å². The molecule has 7 aromatic rings. The lowest BCUT2D eigenvalue weighted by molar-refractivity contribution is 1.07. The maximum Gasteiger partial charge on any atom is 0.146 e.